The molecule has 7 heteroatoms. The lowest BCUT2D eigenvalue weighted by Crippen LogP contribution is -2.38. The zero-order valence-corrected chi connectivity index (χ0v) is 15.8. The Kier molecular flexibility index (Phi) is 7.45. The van der Waals surface area contributed by atoms with E-state index in [-0.39, 0.29) is 29.4 Å². The lowest BCUT2D eigenvalue weighted by atomic mass is 9.98. The molecule has 0 aliphatic carbocycles. The molecule has 0 heterocycles. The first-order chi connectivity index (χ1) is 13.4. The molecule has 2 N–H and O–H groups in total. The van der Waals surface area contributed by atoms with Crippen LogP contribution in [0.15, 0.2) is 48.5 Å². The average Bonchev–Trinajstić information content (AvgIpc) is 2.70. The van der Waals surface area contributed by atoms with Gasteiger partial charge in [-0.05, 0) is 19.9 Å². The van der Waals surface area contributed by atoms with Crippen molar-refractivity contribution in [3.05, 3.63) is 70.8 Å². The number of esters is 1. The summed E-state index contributed by atoms with van der Waals surface area (Å²) in [5, 5.41) is 4.88. The normalized spacial score (nSPS) is 10.1. The number of nitrogens with one attached hydrogen (secondary N) is 2. The largest absolute Gasteiger partial charge is 0.452 e. The Morgan fingerprint density at radius 1 is 0.857 bits per heavy atom. The zero-order chi connectivity index (χ0) is 20.5. The van der Waals surface area contributed by atoms with Crippen molar-refractivity contribution in [2.24, 2.45) is 0 Å². The van der Waals surface area contributed by atoms with Crippen LogP contribution in [0, 0.1) is 6.92 Å². The summed E-state index contributed by atoms with van der Waals surface area (Å²) in [6, 6.07) is 13.3. The zero-order valence-electron chi connectivity index (χ0n) is 15.8. The summed E-state index contributed by atoms with van der Waals surface area (Å²) in [4.78, 5) is 48.1. The standard InChI is InChI=1S/C21H22N2O5/c1-3-22-18(24)12-23-19(25)13-28-21(27)17-7-5-4-6-16(17)20(26)15-10-8-14(2)9-11-15/h4-11H,3,12-13H2,1-2H3,(H,22,24)(H,23,25). The summed E-state index contributed by atoms with van der Waals surface area (Å²) < 4.78 is 4.99. The highest BCUT2D eigenvalue weighted by Gasteiger charge is 2.20. The monoisotopic (exact) mass is 382 g/mol. The number of carbonyl (C=O) groups excluding carboxylic acids is 4. The van der Waals surface area contributed by atoms with Crippen LogP contribution in [0.2, 0.25) is 0 Å². The summed E-state index contributed by atoms with van der Waals surface area (Å²) >= 11 is 0. The highest BCUT2D eigenvalue weighted by Crippen LogP contribution is 2.16. The van der Waals surface area contributed by atoms with E-state index in [2.05, 4.69) is 10.6 Å². The third kappa shape index (κ3) is 5.77. The van der Waals surface area contributed by atoms with Gasteiger partial charge in [-0.2, -0.15) is 0 Å². The second-order valence-corrected chi connectivity index (χ2v) is 6.05. The molecule has 0 aliphatic heterocycles. The lowest BCUT2D eigenvalue weighted by Gasteiger charge is -2.10. The average molecular weight is 382 g/mol. The Morgan fingerprint density at radius 2 is 1.50 bits per heavy atom. The van der Waals surface area contributed by atoms with Crippen molar-refractivity contribution in [3.63, 3.8) is 0 Å². The van der Waals surface area contributed by atoms with Crippen molar-refractivity contribution in [1.82, 2.24) is 10.6 Å². The van der Waals surface area contributed by atoms with Crippen LogP contribution in [0.4, 0.5) is 0 Å². The Hall–Kier alpha value is -3.48. The molecular weight excluding hydrogens is 360 g/mol. The molecule has 28 heavy (non-hydrogen) atoms. The van der Waals surface area contributed by atoms with Gasteiger partial charge in [0.2, 0.25) is 5.91 Å². The van der Waals surface area contributed by atoms with Crippen LogP contribution >= 0.6 is 0 Å². The Morgan fingerprint density at radius 3 is 2.14 bits per heavy atom. The number of rotatable bonds is 8. The fraction of sp³-hybridized carbons (Fsp3) is 0.238. The molecule has 0 bridgehead atoms. The van der Waals surface area contributed by atoms with Gasteiger partial charge < -0.3 is 15.4 Å². The van der Waals surface area contributed by atoms with E-state index in [1.165, 1.54) is 12.1 Å². The third-order valence-corrected chi connectivity index (χ3v) is 3.86. The fourth-order valence-corrected chi connectivity index (χ4v) is 2.42. The van der Waals surface area contributed by atoms with Crippen molar-refractivity contribution >= 4 is 23.6 Å². The number of carbonyl (C=O) groups is 4. The van der Waals surface area contributed by atoms with Gasteiger partial charge in [-0.15, -0.1) is 0 Å². The van der Waals surface area contributed by atoms with Gasteiger partial charge in [0.15, 0.2) is 12.4 Å². The minimum atomic E-state index is -0.788. The van der Waals surface area contributed by atoms with E-state index in [4.69, 9.17) is 4.74 Å². The van der Waals surface area contributed by atoms with Crippen molar-refractivity contribution in [1.29, 1.82) is 0 Å². The first-order valence-electron chi connectivity index (χ1n) is 8.83. The molecule has 0 aromatic heterocycles. The first-order valence-corrected chi connectivity index (χ1v) is 8.83. The van der Waals surface area contributed by atoms with E-state index < -0.39 is 18.5 Å². The van der Waals surface area contributed by atoms with Gasteiger partial charge in [-0.25, -0.2) is 4.79 Å². The maximum Gasteiger partial charge on any atom is 0.339 e. The quantitative estimate of drug-likeness (QED) is 0.534. The molecule has 0 saturated heterocycles. The molecule has 0 saturated carbocycles. The predicted octanol–water partition coefficient (Wildman–Crippen LogP) is 1.64. The van der Waals surface area contributed by atoms with E-state index in [9.17, 15) is 19.2 Å². The molecule has 2 rings (SSSR count). The van der Waals surface area contributed by atoms with Gasteiger partial charge in [0.05, 0.1) is 12.1 Å². The minimum Gasteiger partial charge on any atom is -0.452 e. The Labute approximate surface area is 163 Å². The molecule has 0 unspecified atom stereocenters. The molecule has 146 valence electrons. The van der Waals surface area contributed by atoms with Gasteiger partial charge >= 0.3 is 5.97 Å². The number of amides is 2. The number of hydrogen-bond donors (Lipinski definition) is 2. The van der Waals surface area contributed by atoms with Crippen LogP contribution in [0.1, 0.15) is 38.8 Å². The molecule has 0 spiro atoms. The molecular formula is C21H22N2O5. The number of ether oxygens (including phenoxy) is 1. The number of hydrogen-bond acceptors (Lipinski definition) is 5. The highest BCUT2D eigenvalue weighted by molar-refractivity contribution is 6.14. The SMILES string of the molecule is CCNC(=O)CNC(=O)COC(=O)c1ccccc1C(=O)c1ccc(C)cc1. The maximum absolute atomic E-state index is 12.7. The molecule has 0 aliphatic rings. The van der Waals surface area contributed by atoms with Crippen LogP contribution in [0.5, 0.6) is 0 Å². The second kappa shape index (κ2) is 10.0. The van der Waals surface area contributed by atoms with E-state index in [0.717, 1.165) is 5.56 Å². The fourth-order valence-electron chi connectivity index (χ4n) is 2.42. The molecule has 0 atom stereocenters. The number of benzene rings is 2. The summed E-state index contributed by atoms with van der Waals surface area (Å²) in [7, 11) is 0. The van der Waals surface area contributed by atoms with Crippen molar-refractivity contribution in [2.45, 2.75) is 13.8 Å². The summed E-state index contributed by atoms with van der Waals surface area (Å²) in [5.74, 6) is -2.05. The highest BCUT2D eigenvalue weighted by atomic mass is 16.5. The van der Waals surface area contributed by atoms with Crippen molar-refractivity contribution < 1.29 is 23.9 Å². The van der Waals surface area contributed by atoms with E-state index in [1.807, 2.05) is 19.1 Å². The smallest absolute Gasteiger partial charge is 0.339 e. The van der Waals surface area contributed by atoms with Crippen LogP contribution < -0.4 is 10.6 Å². The molecule has 7 nitrogen and oxygen atoms in total. The molecule has 2 aromatic carbocycles. The molecule has 2 aromatic rings. The third-order valence-electron chi connectivity index (χ3n) is 3.86. The topological polar surface area (TPSA) is 102 Å². The van der Waals surface area contributed by atoms with Crippen LogP contribution in [-0.4, -0.2) is 43.3 Å². The van der Waals surface area contributed by atoms with Gasteiger partial charge in [-0.3, -0.25) is 14.4 Å². The Balaban J connectivity index is 2.02. The number of aryl methyl sites for hydroxylation is 1. The molecule has 0 radical (unpaired) electrons. The lowest BCUT2D eigenvalue weighted by molar-refractivity contribution is -0.127. The van der Waals surface area contributed by atoms with Gasteiger partial charge in [0.1, 0.15) is 0 Å². The van der Waals surface area contributed by atoms with Crippen LogP contribution in [0.25, 0.3) is 0 Å². The molecule has 0 fully saturated rings. The predicted molar refractivity (Wildman–Crippen MR) is 103 cm³/mol. The van der Waals surface area contributed by atoms with Crippen LogP contribution in [0.3, 0.4) is 0 Å². The molecule has 2 amide bonds. The Bertz CT molecular complexity index is 875. The number of likely N-dealkylation sites (N-methyl/N-ethyl adjacent to an activating group) is 1. The van der Waals surface area contributed by atoms with Gasteiger partial charge in [-0.1, -0.05) is 48.0 Å². The van der Waals surface area contributed by atoms with Gasteiger partial charge in [0, 0.05) is 17.7 Å². The number of ketones is 1. The van der Waals surface area contributed by atoms with Crippen molar-refractivity contribution in [2.75, 3.05) is 19.7 Å². The minimum absolute atomic E-state index is 0.0737. The van der Waals surface area contributed by atoms with E-state index in [0.29, 0.717) is 12.1 Å². The van der Waals surface area contributed by atoms with Crippen LogP contribution in [-0.2, 0) is 14.3 Å². The first kappa shape index (κ1) is 20.8. The summed E-state index contributed by atoms with van der Waals surface area (Å²) in [6.45, 7) is 3.38. The maximum atomic E-state index is 12.7. The second-order valence-electron chi connectivity index (χ2n) is 6.05. The summed E-state index contributed by atoms with van der Waals surface area (Å²) in [5.41, 5.74) is 1.73. The van der Waals surface area contributed by atoms with E-state index >= 15 is 0 Å². The van der Waals surface area contributed by atoms with Gasteiger partial charge in [0.25, 0.3) is 5.91 Å². The van der Waals surface area contributed by atoms with E-state index in [1.54, 1.807) is 31.2 Å². The summed E-state index contributed by atoms with van der Waals surface area (Å²) in [6.07, 6.45) is 0. The van der Waals surface area contributed by atoms with Crippen molar-refractivity contribution in [3.8, 4) is 0 Å².